The molecule has 0 aliphatic heterocycles. The molecule has 0 aliphatic carbocycles. The van der Waals surface area contributed by atoms with Crippen molar-refractivity contribution in [3.63, 3.8) is 0 Å². The first-order valence-electron chi connectivity index (χ1n) is 8.19. The molecule has 0 radical (unpaired) electrons. The average Bonchev–Trinajstić information content (AvgIpc) is 2.67. The summed E-state index contributed by atoms with van der Waals surface area (Å²) in [6.45, 7) is 0. The largest absolute Gasteiger partial charge is 0.398 e. The van der Waals surface area contributed by atoms with Crippen molar-refractivity contribution in [2.45, 2.75) is 9.79 Å². The molecule has 0 unspecified atom stereocenters. The van der Waals surface area contributed by atoms with Crippen LogP contribution in [-0.2, 0) is 0 Å². The van der Waals surface area contributed by atoms with Gasteiger partial charge in [-0.3, -0.25) is 9.78 Å². The Morgan fingerprint density at radius 1 is 1.04 bits per heavy atom. The van der Waals surface area contributed by atoms with E-state index in [1.165, 1.54) is 11.8 Å². The van der Waals surface area contributed by atoms with E-state index in [4.69, 9.17) is 16.9 Å². The Balaban J connectivity index is 1.79. The van der Waals surface area contributed by atoms with Crippen molar-refractivity contribution < 1.29 is 4.79 Å². The Morgan fingerprint density at radius 3 is 2.52 bits per heavy atom. The van der Waals surface area contributed by atoms with Crippen LogP contribution in [0.15, 0.2) is 82.7 Å². The zero-order valence-electron chi connectivity index (χ0n) is 14.4. The molecule has 6 heteroatoms. The van der Waals surface area contributed by atoms with Crippen molar-refractivity contribution in [3.05, 3.63) is 89.8 Å². The lowest BCUT2D eigenvalue weighted by Crippen LogP contribution is -2.11. The van der Waals surface area contributed by atoms with Crippen LogP contribution >= 0.6 is 11.8 Å². The molecule has 0 fully saturated rings. The van der Waals surface area contributed by atoms with Crippen molar-refractivity contribution in [1.82, 2.24) is 4.98 Å². The summed E-state index contributed by atoms with van der Waals surface area (Å²) >= 11 is 1.41. The summed E-state index contributed by atoms with van der Waals surface area (Å²) in [4.78, 5) is 17.4. The lowest BCUT2D eigenvalue weighted by atomic mass is 10.1. The van der Waals surface area contributed by atoms with E-state index in [1.54, 1.807) is 42.6 Å². The van der Waals surface area contributed by atoms with Gasteiger partial charge in [0.2, 0.25) is 5.91 Å². The van der Waals surface area contributed by atoms with Gasteiger partial charge in [-0.25, -0.2) is 0 Å². The summed E-state index contributed by atoms with van der Waals surface area (Å²) in [5, 5.41) is 8.24. The van der Waals surface area contributed by atoms with E-state index < -0.39 is 5.91 Å². The fraction of sp³-hybridized carbons (Fsp3) is 0. The van der Waals surface area contributed by atoms with Crippen molar-refractivity contribution in [1.29, 1.82) is 5.41 Å². The predicted molar refractivity (Wildman–Crippen MR) is 110 cm³/mol. The molecule has 3 rings (SSSR count). The fourth-order valence-electron chi connectivity index (χ4n) is 2.47. The number of anilines is 1. The molecular formula is C21H18N4OS. The number of carbonyl (C=O) groups is 1. The van der Waals surface area contributed by atoms with Gasteiger partial charge in [0.1, 0.15) is 0 Å². The summed E-state index contributed by atoms with van der Waals surface area (Å²) < 4.78 is 0. The second kappa shape index (κ2) is 8.33. The van der Waals surface area contributed by atoms with E-state index >= 15 is 0 Å². The highest BCUT2D eigenvalue weighted by molar-refractivity contribution is 7.99. The van der Waals surface area contributed by atoms with E-state index in [-0.39, 0.29) is 0 Å². The summed E-state index contributed by atoms with van der Waals surface area (Å²) in [7, 11) is 0. The fourth-order valence-corrected chi connectivity index (χ4v) is 3.47. The number of pyridine rings is 1. The van der Waals surface area contributed by atoms with Crippen molar-refractivity contribution >= 4 is 35.1 Å². The lowest BCUT2D eigenvalue weighted by molar-refractivity contribution is 0.0997. The Hall–Kier alpha value is -3.38. The maximum Gasteiger partial charge on any atom is 0.249 e. The van der Waals surface area contributed by atoms with Gasteiger partial charge in [0, 0.05) is 27.2 Å². The van der Waals surface area contributed by atoms with Crippen LogP contribution < -0.4 is 11.5 Å². The third-order valence-electron chi connectivity index (χ3n) is 3.80. The molecule has 0 aliphatic rings. The molecule has 1 aromatic heterocycles. The van der Waals surface area contributed by atoms with Crippen LogP contribution in [-0.4, -0.2) is 16.6 Å². The molecule has 0 bridgehead atoms. The van der Waals surface area contributed by atoms with Crippen LogP contribution in [0.5, 0.6) is 0 Å². The number of hydrogen-bond donors (Lipinski definition) is 3. The Labute approximate surface area is 161 Å². The van der Waals surface area contributed by atoms with Crippen LogP contribution in [0.25, 0.3) is 6.08 Å². The number of hydrogen-bond acceptors (Lipinski definition) is 5. The number of nitrogens with zero attached hydrogens (tertiary/aromatic N) is 1. The van der Waals surface area contributed by atoms with Gasteiger partial charge >= 0.3 is 0 Å². The van der Waals surface area contributed by atoms with Crippen LogP contribution in [0, 0.1) is 5.41 Å². The van der Waals surface area contributed by atoms with Crippen LogP contribution in [0.2, 0.25) is 0 Å². The normalized spacial score (nSPS) is 10.8. The van der Waals surface area contributed by atoms with E-state index in [1.807, 2.05) is 36.4 Å². The highest BCUT2D eigenvalue weighted by Gasteiger charge is 2.10. The highest BCUT2D eigenvalue weighted by atomic mass is 32.2. The summed E-state index contributed by atoms with van der Waals surface area (Å²) in [5.41, 5.74) is 14.2. The van der Waals surface area contributed by atoms with Crippen molar-refractivity contribution in [3.8, 4) is 0 Å². The minimum absolute atomic E-state index is 0.298. The van der Waals surface area contributed by atoms with Gasteiger partial charge in [-0.2, -0.15) is 0 Å². The number of carbonyl (C=O) groups excluding carboxylic acids is 1. The third-order valence-corrected chi connectivity index (χ3v) is 4.87. The van der Waals surface area contributed by atoms with Gasteiger partial charge in [0.05, 0.1) is 17.0 Å². The molecule has 0 saturated heterocycles. The predicted octanol–water partition coefficient (Wildman–Crippen LogP) is 4.00. The summed E-state index contributed by atoms with van der Waals surface area (Å²) in [6, 6.07) is 18.2. The number of amides is 1. The van der Waals surface area contributed by atoms with Gasteiger partial charge in [-0.15, -0.1) is 0 Å². The first-order valence-corrected chi connectivity index (χ1v) is 9.00. The molecule has 0 saturated carbocycles. The second-order valence-electron chi connectivity index (χ2n) is 5.71. The minimum atomic E-state index is -0.468. The molecule has 27 heavy (non-hydrogen) atoms. The van der Waals surface area contributed by atoms with Crippen LogP contribution in [0.1, 0.15) is 21.6 Å². The van der Waals surface area contributed by atoms with E-state index in [9.17, 15) is 4.79 Å². The molecule has 134 valence electrons. The first kappa shape index (κ1) is 18.4. The molecule has 1 amide bonds. The topological polar surface area (TPSA) is 106 Å². The minimum Gasteiger partial charge on any atom is -0.398 e. The van der Waals surface area contributed by atoms with E-state index in [0.29, 0.717) is 22.5 Å². The van der Waals surface area contributed by atoms with Crippen LogP contribution in [0.3, 0.4) is 0 Å². The Morgan fingerprint density at radius 2 is 1.81 bits per heavy atom. The lowest BCUT2D eigenvalue weighted by Gasteiger charge is -2.09. The molecule has 2 aromatic carbocycles. The molecule has 3 aromatic rings. The number of nitrogen functional groups attached to an aromatic ring is 1. The second-order valence-corrected chi connectivity index (χ2v) is 6.83. The highest BCUT2D eigenvalue weighted by Crippen LogP contribution is 2.32. The van der Waals surface area contributed by atoms with Crippen molar-refractivity contribution in [2.24, 2.45) is 5.73 Å². The number of nitrogens with two attached hydrogens (primary N) is 2. The molecule has 5 N–H and O–H groups in total. The first-order chi connectivity index (χ1) is 13.0. The maximum absolute atomic E-state index is 11.6. The van der Waals surface area contributed by atoms with Gasteiger partial charge in [0.25, 0.3) is 0 Å². The Bertz CT molecular complexity index is 1020. The smallest absolute Gasteiger partial charge is 0.249 e. The zero-order chi connectivity index (χ0) is 19.2. The van der Waals surface area contributed by atoms with Crippen LogP contribution in [0.4, 0.5) is 5.69 Å². The molecule has 5 nitrogen and oxygen atoms in total. The maximum atomic E-state index is 11.6. The van der Waals surface area contributed by atoms with Gasteiger partial charge in [0.15, 0.2) is 0 Å². The summed E-state index contributed by atoms with van der Waals surface area (Å²) in [5.74, 6) is -0.468. The zero-order valence-corrected chi connectivity index (χ0v) is 15.2. The molecule has 1 heterocycles. The summed E-state index contributed by atoms with van der Waals surface area (Å²) in [6.07, 6.45) is 5.14. The standard InChI is InChI=1S/C21H18N4OS/c22-18(11-8-14-5-3-4-12-25-14)16-10-9-15(13-19(16)23)27-20-7-2-1-6-17(20)21(24)26/h1-13,22H,23H2,(H2,24,26)/b11-8+,22-18?. The average molecular weight is 374 g/mol. The quantitative estimate of drug-likeness (QED) is 0.448. The number of allylic oxidation sites excluding steroid dienone is 1. The van der Waals surface area contributed by atoms with Gasteiger partial charge in [-0.1, -0.05) is 30.0 Å². The molecule has 0 atom stereocenters. The van der Waals surface area contributed by atoms with Crippen molar-refractivity contribution in [2.75, 3.05) is 5.73 Å². The van der Waals surface area contributed by atoms with Gasteiger partial charge < -0.3 is 16.9 Å². The SMILES string of the molecule is N=C(/C=C/c1ccccn1)c1ccc(Sc2ccccc2C(N)=O)cc1N. The van der Waals surface area contributed by atoms with E-state index in [2.05, 4.69) is 4.98 Å². The number of rotatable bonds is 6. The monoisotopic (exact) mass is 374 g/mol. The molecular weight excluding hydrogens is 356 g/mol. The molecule has 0 spiro atoms. The third kappa shape index (κ3) is 4.62. The number of nitrogens with one attached hydrogen (secondary N) is 1. The number of primary amides is 1. The number of aromatic nitrogens is 1. The van der Waals surface area contributed by atoms with Gasteiger partial charge in [-0.05, 0) is 54.6 Å². The number of benzene rings is 2. The van der Waals surface area contributed by atoms with E-state index in [0.717, 1.165) is 15.5 Å². The Kier molecular flexibility index (Phi) is 5.68.